The summed E-state index contributed by atoms with van der Waals surface area (Å²) in [4.78, 5) is 4.66. The van der Waals surface area contributed by atoms with Crippen LogP contribution in [0.15, 0.2) is 0 Å². The Hall–Kier alpha value is -1.43. The van der Waals surface area contributed by atoms with Gasteiger partial charge in [-0.15, -0.1) is 0 Å². The number of rotatable bonds is 3. The minimum Gasteiger partial charge on any atom is -0.378 e. The van der Waals surface area contributed by atoms with Gasteiger partial charge in [-0.05, 0) is 31.3 Å². The van der Waals surface area contributed by atoms with E-state index < -0.39 is 0 Å². The molecule has 1 saturated carbocycles. The number of nitrogens with one attached hydrogen (secondary N) is 2. The van der Waals surface area contributed by atoms with Gasteiger partial charge in [-0.25, -0.2) is 4.98 Å². The predicted octanol–water partition coefficient (Wildman–Crippen LogP) is 2.94. The number of H-pyrrole nitrogens is 1. The maximum Gasteiger partial charge on any atom is 0.186 e. The predicted molar refractivity (Wildman–Crippen MR) is 73.0 cm³/mol. The fourth-order valence-corrected chi connectivity index (χ4v) is 3.31. The Morgan fingerprint density at radius 2 is 2.11 bits per heavy atom. The van der Waals surface area contributed by atoms with E-state index in [0.717, 1.165) is 27.9 Å². The lowest BCUT2D eigenvalue weighted by molar-refractivity contribution is 0.672. The molecule has 0 amide bonds. The van der Waals surface area contributed by atoms with Crippen molar-refractivity contribution >= 4 is 16.5 Å². The summed E-state index contributed by atoms with van der Waals surface area (Å²) in [5.74, 6) is 2.37. The second-order valence-corrected chi connectivity index (χ2v) is 5.52. The molecule has 3 rings (SSSR count). The number of aryl methyl sites for hydroxylation is 1. The maximum atomic E-state index is 4.66. The molecule has 0 saturated heterocycles. The molecule has 1 aliphatic rings. The van der Waals surface area contributed by atoms with Crippen molar-refractivity contribution in [1.82, 2.24) is 19.6 Å². The van der Waals surface area contributed by atoms with Crippen LogP contribution in [0.4, 0.5) is 5.00 Å². The van der Waals surface area contributed by atoms with Crippen LogP contribution in [0, 0.1) is 6.92 Å². The number of aromatic nitrogens is 4. The van der Waals surface area contributed by atoms with Gasteiger partial charge in [-0.3, -0.25) is 5.10 Å². The second-order valence-electron chi connectivity index (χ2n) is 4.75. The Morgan fingerprint density at radius 3 is 2.83 bits per heavy atom. The van der Waals surface area contributed by atoms with Gasteiger partial charge < -0.3 is 5.32 Å². The average molecular weight is 263 g/mol. The highest BCUT2D eigenvalue weighted by Crippen LogP contribution is 2.35. The van der Waals surface area contributed by atoms with E-state index in [9.17, 15) is 0 Å². The topological polar surface area (TPSA) is 66.5 Å². The molecule has 2 heterocycles. The Labute approximate surface area is 110 Å². The van der Waals surface area contributed by atoms with E-state index in [0.29, 0.717) is 5.92 Å². The maximum absolute atomic E-state index is 4.66. The summed E-state index contributed by atoms with van der Waals surface area (Å²) in [7, 11) is 1.90. The van der Waals surface area contributed by atoms with E-state index in [4.69, 9.17) is 0 Å². The first-order valence-electron chi connectivity index (χ1n) is 6.36. The van der Waals surface area contributed by atoms with Gasteiger partial charge >= 0.3 is 0 Å². The Morgan fingerprint density at radius 1 is 1.33 bits per heavy atom. The molecule has 0 radical (unpaired) electrons. The number of aromatic amines is 1. The smallest absolute Gasteiger partial charge is 0.186 e. The molecular formula is C12H17N5S. The molecule has 5 nitrogen and oxygen atoms in total. The fraction of sp³-hybridized carbons (Fsp3) is 0.583. The molecule has 1 aliphatic carbocycles. The largest absolute Gasteiger partial charge is 0.378 e. The molecule has 0 bridgehead atoms. The lowest BCUT2D eigenvalue weighted by atomic mass is 10.1. The zero-order chi connectivity index (χ0) is 12.5. The summed E-state index contributed by atoms with van der Waals surface area (Å²) in [6.45, 7) is 2.00. The van der Waals surface area contributed by atoms with E-state index in [2.05, 4.69) is 24.9 Å². The third kappa shape index (κ3) is 1.90. The first-order chi connectivity index (χ1) is 8.79. The summed E-state index contributed by atoms with van der Waals surface area (Å²) in [6, 6.07) is 0. The quantitative estimate of drug-likeness (QED) is 0.893. The van der Waals surface area contributed by atoms with Gasteiger partial charge in [-0.1, -0.05) is 12.8 Å². The lowest BCUT2D eigenvalue weighted by Gasteiger charge is -2.02. The standard InChI is InChI=1S/C12H17N5S/c1-7-9(12(13-2)18-17-7)11-14-10(15-16-11)8-5-3-4-6-8/h8,13H,3-6H2,1-2H3,(H,14,15,16). The van der Waals surface area contributed by atoms with Gasteiger partial charge in [0.05, 0.1) is 11.3 Å². The molecule has 0 aromatic carbocycles. The molecular weight excluding hydrogens is 246 g/mol. The summed E-state index contributed by atoms with van der Waals surface area (Å²) in [6.07, 6.45) is 5.08. The van der Waals surface area contributed by atoms with Crippen molar-refractivity contribution in [3.05, 3.63) is 11.5 Å². The molecule has 2 aromatic rings. The van der Waals surface area contributed by atoms with E-state index in [-0.39, 0.29) is 0 Å². The van der Waals surface area contributed by atoms with Crippen molar-refractivity contribution in [3.63, 3.8) is 0 Å². The van der Waals surface area contributed by atoms with E-state index in [1.165, 1.54) is 37.2 Å². The van der Waals surface area contributed by atoms with Crippen molar-refractivity contribution in [3.8, 4) is 11.4 Å². The van der Waals surface area contributed by atoms with Crippen LogP contribution in [0.25, 0.3) is 11.4 Å². The minimum atomic E-state index is 0.566. The number of hydrogen-bond donors (Lipinski definition) is 2. The van der Waals surface area contributed by atoms with Gasteiger partial charge in [0.15, 0.2) is 5.82 Å². The number of nitrogens with zero attached hydrogens (tertiary/aromatic N) is 3. The monoisotopic (exact) mass is 263 g/mol. The van der Waals surface area contributed by atoms with E-state index in [1.807, 2.05) is 14.0 Å². The fourth-order valence-electron chi connectivity index (χ4n) is 2.57. The van der Waals surface area contributed by atoms with Gasteiger partial charge in [0.1, 0.15) is 10.8 Å². The van der Waals surface area contributed by atoms with Gasteiger partial charge in [-0.2, -0.15) is 9.47 Å². The Bertz CT molecular complexity index is 538. The van der Waals surface area contributed by atoms with Gasteiger partial charge in [0, 0.05) is 13.0 Å². The Kier molecular flexibility index (Phi) is 3.03. The van der Waals surface area contributed by atoms with Crippen LogP contribution in [-0.2, 0) is 0 Å². The molecule has 2 N–H and O–H groups in total. The molecule has 96 valence electrons. The van der Waals surface area contributed by atoms with Crippen molar-refractivity contribution in [2.75, 3.05) is 12.4 Å². The number of anilines is 1. The molecule has 0 unspecified atom stereocenters. The van der Waals surface area contributed by atoms with Crippen molar-refractivity contribution in [1.29, 1.82) is 0 Å². The van der Waals surface area contributed by atoms with Crippen LogP contribution in [0.2, 0.25) is 0 Å². The SMILES string of the molecule is CNc1snc(C)c1-c1n[nH]c(C2CCCC2)n1. The lowest BCUT2D eigenvalue weighted by Crippen LogP contribution is -1.95. The van der Waals surface area contributed by atoms with Crippen LogP contribution < -0.4 is 5.32 Å². The van der Waals surface area contributed by atoms with Crippen LogP contribution >= 0.6 is 11.5 Å². The highest BCUT2D eigenvalue weighted by molar-refractivity contribution is 7.10. The normalized spacial score (nSPS) is 16.3. The molecule has 2 aromatic heterocycles. The zero-order valence-corrected chi connectivity index (χ0v) is 11.5. The zero-order valence-electron chi connectivity index (χ0n) is 10.7. The first-order valence-corrected chi connectivity index (χ1v) is 7.13. The van der Waals surface area contributed by atoms with Gasteiger partial charge in [0.25, 0.3) is 0 Å². The molecule has 6 heteroatoms. The van der Waals surface area contributed by atoms with E-state index >= 15 is 0 Å². The molecule has 1 fully saturated rings. The Balaban J connectivity index is 1.94. The number of hydrogen-bond acceptors (Lipinski definition) is 5. The summed E-state index contributed by atoms with van der Waals surface area (Å²) >= 11 is 1.46. The van der Waals surface area contributed by atoms with Crippen molar-refractivity contribution in [2.24, 2.45) is 0 Å². The third-order valence-electron chi connectivity index (χ3n) is 3.56. The molecule has 0 spiro atoms. The summed E-state index contributed by atoms with van der Waals surface area (Å²) in [5.41, 5.74) is 2.02. The van der Waals surface area contributed by atoms with Crippen molar-refractivity contribution < 1.29 is 0 Å². The average Bonchev–Trinajstić information content (AvgIpc) is 3.07. The second kappa shape index (κ2) is 4.68. The summed E-state index contributed by atoms with van der Waals surface area (Å²) < 4.78 is 4.36. The van der Waals surface area contributed by atoms with Gasteiger partial charge in [0.2, 0.25) is 0 Å². The van der Waals surface area contributed by atoms with E-state index in [1.54, 1.807) is 0 Å². The van der Waals surface area contributed by atoms with Crippen LogP contribution in [0.1, 0.15) is 43.1 Å². The first kappa shape index (κ1) is 11.6. The van der Waals surface area contributed by atoms with Crippen LogP contribution in [0.3, 0.4) is 0 Å². The highest BCUT2D eigenvalue weighted by atomic mass is 32.1. The summed E-state index contributed by atoms with van der Waals surface area (Å²) in [5, 5.41) is 11.7. The third-order valence-corrected chi connectivity index (χ3v) is 4.51. The molecule has 0 atom stereocenters. The van der Waals surface area contributed by atoms with Crippen molar-refractivity contribution in [2.45, 2.75) is 38.5 Å². The highest BCUT2D eigenvalue weighted by Gasteiger charge is 2.22. The van der Waals surface area contributed by atoms with Crippen LogP contribution in [0.5, 0.6) is 0 Å². The molecule has 18 heavy (non-hydrogen) atoms. The van der Waals surface area contributed by atoms with Crippen LogP contribution in [-0.4, -0.2) is 26.6 Å². The minimum absolute atomic E-state index is 0.566. The molecule has 0 aliphatic heterocycles.